The van der Waals surface area contributed by atoms with Crippen LogP contribution in [0, 0.1) is 11.8 Å². The third-order valence-electron chi connectivity index (χ3n) is 8.03. The van der Waals surface area contributed by atoms with Gasteiger partial charge in [0, 0.05) is 18.3 Å². The molecule has 5 fully saturated rings. The molecule has 12 nitrogen and oxygen atoms in total. The average molecular weight is 498 g/mol. The molecule has 5 aliphatic rings. The van der Waals surface area contributed by atoms with E-state index in [9.17, 15) is 35.4 Å². The number of benzene rings is 1. The van der Waals surface area contributed by atoms with Gasteiger partial charge >= 0.3 is 5.97 Å². The smallest absolute Gasteiger partial charge is 0.338 e. The van der Waals surface area contributed by atoms with Gasteiger partial charge in [0.15, 0.2) is 18.9 Å². The fraction of sp³-hybridized carbons (Fsp3) is 0.696. The van der Waals surface area contributed by atoms with E-state index >= 15 is 0 Å². The first-order valence-electron chi connectivity index (χ1n) is 11.5. The van der Waals surface area contributed by atoms with Crippen molar-refractivity contribution in [3.63, 3.8) is 0 Å². The molecule has 2 heterocycles. The molecule has 1 aromatic carbocycles. The summed E-state index contributed by atoms with van der Waals surface area (Å²) < 4.78 is 28.8. The highest BCUT2D eigenvalue weighted by atomic mass is 16.8. The molecule has 35 heavy (non-hydrogen) atoms. The number of ether oxygens (including phenoxy) is 5. The minimum Gasteiger partial charge on any atom is -0.508 e. The summed E-state index contributed by atoms with van der Waals surface area (Å²) in [5.74, 6) is -3.32. The van der Waals surface area contributed by atoms with E-state index in [0.717, 1.165) is 0 Å². The maximum absolute atomic E-state index is 12.6. The molecule has 1 aromatic rings. The predicted molar refractivity (Wildman–Crippen MR) is 113 cm³/mol. The number of esters is 1. The van der Waals surface area contributed by atoms with Gasteiger partial charge in [-0.15, -0.1) is 0 Å². The van der Waals surface area contributed by atoms with E-state index in [4.69, 9.17) is 23.7 Å². The molecular formula is C23H30O12. The van der Waals surface area contributed by atoms with E-state index < -0.39 is 72.1 Å². The number of rotatable bonds is 6. The van der Waals surface area contributed by atoms with E-state index in [1.165, 1.54) is 24.3 Å². The Bertz CT molecular complexity index is 954. The zero-order chi connectivity index (χ0) is 25.2. The molecule has 6 N–H and O–H groups in total. The average Bonchev–Trinajstić information content (AvgIpc) is 2.80. The van der Waals surface area contributed by atoms with Crippen LogP contribution in [-0.2, 0) is 23.7 Å². The third-order valence-corrected chi connectivity index (χ3v) is 8.03. The monoisotopic (exact) mass is 498 g/mol. The molecule has 0 spiro atoms. The Kier molecular flexibility index (Phi) is 6.10. The van der Waals surface area contributed by atoms with E-state index in [1.807, 2.05) is 0 Å². The number of hydrogen-bond acceptors (Lipinski definition) is 12. The summed E-state index contributed by atoms with van der Waals surface area (Å²) in [5, 5.41) is 61.0. The highest BCUT2D eigenvalue weighted by molar-refractivity contribution is 5.89. The fourth-order valence-corrected chi connectivity index (χ4v) is 5.95. The quantitative estimate of drug-likeness (QED) is 0.252. The van der Waals surface area contributed by atoms with Crippen LogP contribution < -0.4 is 0 Å². The lowest BCUT2D eigenvalue weighted by atomic mass is 9.45. The molecule has 6 rings (SSSR count). The lowest BCUT2D eigenvalue weighted by Gasteiger charge is -2.72. The van der Waals surface area contributed by atoms with Crippen LogP contribution in [0.15, 0.2) is 24.3 Å². The van der Waals surface area contributed by atoms with Crippen molar-refractivity contribution in [2.24, 2.45) is 11.8 Å². The molecule has 10 atom stereocenters. The van der Waals surface area contributed by atoms with Crippen molar-refractivity contribution in [2.45, 2.75) is 67.5 Å². The highest BCUT2D eigenvalue weighted by Gasteiger charge is 2.78. The molecule has 3 aliphatic carbocycles. The number of aliphatic hydroxyl groups excluding tert-OH is 4. The molecule has 194 valence electrons. The number of carbonyl (C=O) groups is 1. The van der Waals surface area contributed by atoms with Crippen LogP contribution in [0.3, 0.4) is 0 Å². The van der Waals surface area contributed by atoms with Crippen molar-refractivity contribution >= 4 is 5.97 Å². The number of phenolic OH excluding ortho intramolecular Hbond substituents is 1. The van der Waals surface area contributed by atoms with Crippen LogP contribution in [0.2, 0.25) is 0 Å². The Morgan fingerprint density at radius 3 is 2.51 bits per heavy atom. The van der Waals surface area contributed by atoms with Crippen molar-refractivity contribution < 1.29 is 59.1 Å². The molecule has 4 bridgehead atoms. The lowest BCUT2D eigenvalue weighted by Crippen LogP contribution is -2.83. The molecule has 0 unspecified atom stereocenters. The van der Waals surface area contributed by atoms with Gasteiger partial charge in [0.2, 0.25) is 0 Å². The second-order valence-corrected chi connectivity index (χ2v) is 9.93. The molecule has 12 heteroatoms. The summed E-state index contributed by atoms with van der Waals surface area (Å²) in [7, 11) is 0. The molecular weight excluding hydrogens is 468 g/mol. The molecule has 2 saturated heterocycles. The summed E-state index contributed by atoms with van der Waals surface area (Å²) in [6.07, 6.45) is -7.15. The third kappa shape index (κ3) is 3.76. The standard InChI is InChI=1S/C23H30O12/c1-21-9-23(30,33-10-32-21)13-6-22(21,35-20-18(28)17(27)16(26)15(7-24)34-20)14(13)8-31-19(29)11-2-4-12(25)5-3-11/h2-5,13-18,20,24-28,30H,6-10H2,1H3/t13-,14+,15-,16-,17+,18-,20+,21+,22-,23-/m1/s1. The maximum Gasteiger partial charge on any atom is 0.338 e. The molecule has 2 aliphatic heterocycles. The Hall–Kier alpha value is -1.87. The van der Waals surface area contributed by atoms with Gasteiger partial charge in [0.25, 0.3) is 0 Å². The molecule has 0 radical (unpaired) electrons. The fourth-order valence-electron chi connectivity index (χ4n) is 5.95. The lowest BCUT2D eigenvalue weighted by molar-refractivity contribution is -0.485. The van der Waals surface area contributed by atoms with Crippen molar-refractivity contribution in [1.29, 1.82) is 0 Å². The molecule has 0 amide bonds. The van der Waals surface area contributed by atoms with E-state index in [-0.39, 0.29) is 37.6 Å². The van der Waals surface area contributed by atoms with E-state index in [1.54, 1.807) is 6.92 Å². The zero-order valence-electron chi connectivity index (χ0n) is 19.0. The summed E-state index contributed by atoms with van der Waals surface area (Å²) in [4.78, 5) is 12.6. The van der Waals surface area contributed by atoms with Gasteiger partial charge < -0.3 is 54.3 Å². The molecule has 0 aromatic heterocycles. The van der Waals surface area contributed by atoms with Crippen LogP contribution in [-0.4, -0.2) is 104 Å². The first-order valence-corrected chi connectivity index (χ1v) is 11.5. The van der Waals surface area contributed by atoms with Crippen LogP contribution in [0.25, 0.3) is 0 Å². The second-order valence-electron chi connectivity index (χ2n) is 9.93. The largest absolute Gasteiger partial charge is 0.508 e. The minimum absolute atomic E-state index is 0.000716. The van der Waals surface area contributed by atoms with Gasteiger partial charge in [-0.3, -0.25) is 0 Å². The summed E-state index contributed by atoms with van der Waals surface area (Å²) in [5.41, 5.74) is -2.13. The van der Waals surface area contributed by atoms with E-state index in [2.05, 4.69) is 0 Å². The van der Waals surface area contributed by atoms with Gasteiger partial charge in [-0.05, 0) is 37.6 Å². The van der Waals surface area contributed by atoms with Crippen LogP contribution >= 0.6 is 0 Å². The van der Waals surface area contributed by atoms with Crippen molar-refractivity contribution in [3.05, 3.63) is 29.8 Å². The summed E-state index contributed by atoms with van der Waals surface area (Å²) in [6, 6.07) is 5.53. The minimum atomic E-state index is -1.63. The van der Waals surface area contributed by atoms with Gasteiger partial charge in [-0.25, -0.2) is 4.79 Å². The Labute approximate surface area is 200 Å². The maximum atomic E-state index is 12.6. The Morgan fingerprint density at radius 1 is 1.11 bits per heavy atom. The topological polar surface area (TPSA) is 185 Å². The van der Waals surface area contributed by atoms with Crippen LogP contribution in [0.4, 0.5) is 0 Å². The van der Waals surface area contributed by atoms with Crippen molar-refractivity contribution in [1.82, 2.24) is 0 Å². The van der Waals surface area contributed by atoms with Crippen molar-refractivity contribution in [2.75, 3.05) is 20.0 Å². The normalized spacial score (nSPS) is 46.5. The van der Waals surface area contributed by atoms with Gasteiger partial charge in [-0.1, -0.05) is 0 Å². The number of phenols is 1. The first-order chi connectivity index (χ1) is 16.5. The highest BCUT2D eigenvalue weighted by Crippen LogP contribution is 2.67. The molecule has 3 saturated carbocycles. The van der Waals surface area contributed by atoms with Gasteiger partial charge in [0.1, 0.15) is 41.4 Å². The Morgan fingerprint density at radius 2 is 1.83 bits per heavy atom. The van der Waals surface area contributed by atoms with Gasteiger partial charge in [0.05, 0.1) is 18.8 Å². The number of hydrogen-bond donors (Lipinski definition) is 6. The van der Waals surface area contributed by atoms with Crippen LogP contribution in [0.5, 0.6) is 5.75 Å². The van der Waals surface area contributed by atoms with E-state index in [0.29, 0.717) is 0 Å². The summed E-state index contributed by atoms with van der Waals surface area (Å²) >= 11 is 0. The van der Waals surface area contributed by atoms with Crippen LogP contribution in [0.1, 0.15) is 30.1 Å². The summed E-state index contributed by atoms with van der Waals surface area (Å²) in [6.45, 7) is 0.708. The first kappa shape index (κ1) is 24.8. The number of carbonyl (C=O) groups excluding carboxylic acids is 1. The Balaban J connectivity index is 1.40. The zero-order valence-corrected chi connectivity index (χ0v) is 19.0. The van der Waals surface area contributed by atoms with Crippen molar-refractivity contribution in [3.8, 4) is 5.75 Å². The van der Waals surface area contributed by atoms with Gasteiger partial charge in [-0.2, -0.15) is 0 Å². The number of aliphatic hydroxyl groups is 5. The second kappa shape index (κ2) is 8.61. The predicted octanol–water partition coefficient (Wildman–Crippen LogP) is -1.40. The number of aromatic hydroxyl groups is 1. The SMILES string of the molecule is C[C@@]12C[C@@](O)(OCO1)[C@@H]1C[C@@]2(O[C@@H]2O[C@H](CO)[C@@H](O)[C@H](O)[C@H]2O)[C@H]1COC(=O)c1ccc(O)cc1.